The second kappa shape index (κ2) is 6.60. The normalized spacial score (nSPS) is 11.3. The summed E-state index contributed by atoms with van der Waals surface area (Å²) in [6.45, 7) is 6.78. The first-order chi connectivity index (χ1) is 10.8. The summed E-state index contributed by atoms with van der Waals surface area (Å²) in [6.07, 6.45) is 1.22. The molecule has 0 aliphatic heterocycles. The van der Waals surface area contributed by atoms with E-state index in [1.54, 1.807) is 0 Å². The van der Waals surface area contributed by atoms with E-state index in [1.165, 1.54) is 16.4 Å². The summed E-state index contributed by atoms with van der Waals surface area (Å²) in [4.78, 5) is 22.5. The minimum atomic E-state index is -1.17. The smallest absolute Gasteiger partial charge is 0.358 e. The molecule has 2 aromatic rings. The van der Waals surface area contributed by atoms with Crippen molar-refractivity contribution in [2.45, 2.75) is 39.3 Å². The van der Waals surface area contributed by atoms with Gasteiger partial charge in [-0.2, -0.15) is 0 Å². The molecule has 1 aromatic carbocycles. The monoisotopic (exact) mass is 316 g/mol. The summed E-state index contributed by atoms with van der Waals surface area (Å²) < 4.78 is 1.20. The van der Waals surface area contributed by atoms with Crippen LogP contribution in [0.15, 0.2) is 30.5 Å². The SMILES string of the molecule is CC(C)(C)c1ccc(CNC(=O)Cn2cc(C(=O)O)nn2)cc1. The van der Waals surface area contributed by atoms with Crippen molar-refractivity contribution in [3.8, 4) is 0 Å². The molecule has 1 heterocycles. The number of carboxylic acid groups (broad SMARTS) is 1. The maximum absolute atomic E-state index is 11.8. The number of hydrogen-bond acceptors (Lipinski definition) is 4. The summed E-state index contributed by atoms with van der Waals surface area (Å²) in [5.41, 5.74) is 2.14. The molecule has 0 saturated carbocycles. The number of aromatic carboxylic acids is 1. The van der Waals surface area contributed by atoms with Crippen molar-refractivity contribution in [3.63, 3.8) is 0 Å². The Morgan fingerprint density at radius 2 is 1.87 bits per heavy atom. The van der Waals surface area contributed by atoms with E-state index >= 15 is 0 Å². The maximum Gasteiger partial charge on any atom is 0.358 e. The number of hydrogen-bond donors (Lipinski definition) is 2. The van der Waals surface area contributed by atoms with E-state index < -0.39 is 5.97 Å². The van der Waals surface area contributed by atoms with Crippen LogP contribution in [0.4, 0.5) is 0 Å². The van der Waals surface area contributed by atoms with Gasteiger partial charge in [-0.1, -0.05) is 50.3 Å². The first-order valence-electron chi connectivity index (χ1n) is 7.25. The van der Waals surface area contributed by atoms with Gasteiger partial charge >= 0.3 is 5.97 Å². The lowest BCUT2D eigenvalue weighted by molar-refractivity contribution is -0.122. The summed E-state index contributed by atoms with van der Waals surface area (Å²) in [5.74, 6) is -1.43. The van der Waals surface area contributed by atoms with Crippen LogP contribution in [0.1, 0.15) is 42.4 Å². The average Bonchev–Trinajstić information content (AvgIpc) is 2.93. The van der Waals surface area contributed by atoms with E-state index in [4.69, 9.17) is 5.11 Å². The Labute approximate surface area is 134 Å². The lowest BCUT2D eigenvalue weighted by Crippen LogP contribution is -2.27. The highest BCUT2D eigenvalue weighted by molar-refractivity contribution is 5.84. The van der Waals surface area contributed by atoms with Crippen molar-refractivity contribution in [2.75, 3.05) is 0 Å². The molecule has 1 aromatic heterocycles. The fourth-order valence-electron chi connectivity index (χ4n) is 2.00. The number of carbonyl (C=O) groups excluding carboxylic acids is 1. The van der Waals surface area contributed by atoms with Gasteiger partial charge < -0.3 is 10.4 Å². The Hall–Kier alpha value is -2.70. The maximum atomic E-state index is 11.8. The second-order valence-electron chi connectivity index (χ2n) is 6.33. The zero-order chi connectivity index (χ0) is 17.0. The van der Waals surface area contributed by atoms with Gasteiger partial charge in [-0.15, -0.1) is 5.10 Å². The molecule has 2 N–H and O–H groups in total. The molecule has 1 amide bonds. The zero-order valence-corrected chi connectivity index (χ0v) is 13.4. The molecule has 2 rings (SSSR count). The summed E-state index contributed by atoms with van der Waals surface area (Å²) in [6, 6.07) is 8.08. The molecule has 0 aliphatic carbocycles. The van der Waals surface area contributed by atoms with Gasteiger partial charge in [0.05, 0.1) is 6.20 Å². The van der Waals surface area contributed by atoms with Crippen LogP contribution >= 0.6 is 0 Å². The van der Waals surface area contributed by atoms with Crippen molar-refractivity contribution in [1.29, 1.82) is 0 Å². The van der Waals surface area contributed by atoms with Crippen LogP contribution < -0.4 is 5.32 Å². The van der Waals surface area contributed by atoms with Crippen LogP contribution in [-0.2, 0) is 23.3 Å². The number of rotatable bonds is 5. The fraction of sp³-hybridized carbons (Fsp3) is 0.375. The molecule has 0 aliphatic rings. The molecule has 122 valence electrons. The van der Waals surface area contributed by atoms with E-state index in [-0.39, 0.29) is 23.6 Å². The van der Waals surface area contributed by atoms with E-state index in [1.807, 2.05) is 12.1 Å². The van der Waals surface area contributed by atoms with Gasteiger partial charge in [0, 0.05) is 6.54 Å². The van der Waals surface area contributed by atoms with Gasteiger partial charge in [-0.3, -0.25) is 4.79 Å². The van der Waals surface area contributed by atoms with Crippen LogP contribution in [0.5, 0.6) is 0 Å². The molecule has 7 heteroatoms. The third kappa shape index (κ3) is 4.64. The van der Waals surface area contributed by atoms with Gasteiger partial charge in [0.2, 0.25) is 5.91 Å². The first kappa shape index (κ1) is 16.7. The van der Waals surface area contributed by atoms with Crippen molar-refractivity contribution < 1.29 is 14.7 Å². The average molecular weight is 316 g/mol. The van der Waals surface area contributed by atoms with Crippen LogP contribution in [0.3, 0.4) is 0 Å². The standard InChI is InChI=1S/C16H20N4O3/c1-16(2,3)12-6-4-11(5-7-12)8-17-14(21)10-20-9-13(15(22)23)18-19-20/h4-7,9H,8,10H2,1-3H3,(H,17,21)(H,22,23). The van der Waals surface area contributed by atoms with Crippen molar-refractivity contribution in [2.24, 2.45) is 0 Å². The van der Waals surface area contributed by atoms with Gasteiger partial charge in [0.15, 0.2) is 5.69 Å². The van der Waals surface area contributed by atoms with Crippen LogP contribution in [0.2, 0.25) is 0 Å². The Morgan fingerprint density at radius 3 is 2.39 bits per heavy atom. The summed E-state index contributed by atoms with van der Waals surface area (Å²) in [5, 5.41) is 18.6. The molecule has 0 bridgehead atoms. The minimum Gasteiger partial charge on any atom is -0.476 e. The quantitative estimate of drug-likeness (QED) is 0.873. The molecule has 0 saturated heterocycles. The molecule has 7 nitrogen and oxygen atoms in total. The molecular weight excluding hydrogens is 296 g/mol. The fourth-order valence-corrected chi connectivity index (χ4v) is 2.00. The number of amides is 1. The lowest BCUT2D eigenvalue weighted by atomic mass is 9.87. The predicted molar refractivity (Wildman–Crippen MR) is 84.0 cm³/mol. The molecular formula is C16H20N4O3. The Morgan fingerprint density at radius 1 is 1.22 bits per heavy atom. The zero-order valence-electron chi connectivity index (χ0n) is 13.4. The number of benzene rings is 1. The molecule has 0 atom stereocenters. The van der Waals surface area contributed by atoms with Crippen molar-refractivity contribution in [1.82, 2.24) is 20.3 Å². The van der Waals surface area contributed by atoms with Gasteiger partial charge in [0.25, 0.3) is 0 Å². The Bertz CT molecular complexity index is 699. The molecule has 0 spiro atoms. The number of nitrogens with one attached hydrogen (secondary N) is 1. The van der Waals surface area contributed by atoms with Crippen LogP contribution in [-0.4, -0.2) is 32.0 Å². The lowest BCUT2D eigenvalue weighted by Gasteiger charge is -2.19. The molecule has 0 radical (unpaired) electrons. The highest BCUT2D eigenvalue weighted by Crippen LogP contribution is 2.22. The van der Waals surface area contributed by atoms with Crippen LogP contribution in [0, 0.1) is 0 Å². The van der Waals surface area contributed by atoms with Crippen molar-refractivity contribution in [3.05, 3.63) is 47.3 Å². The first-order valence-corrected chi connectivity index (χ1v) is 7.25. The van der Waals surface area contributed by atoms with E-state index in [0.29, 0.717) is 6.54 Å². The summed E-state index contributed by atoms with van der Waals surface area (Å²) >= 11 is 0. The minimum absolute atomic E-state index is 0.0691. The van der Waals surface area contributed by atoms with Gasteiger partial charge in [-0.05, 0) is 16.5 Å². The van der Waals surface area contributed by atoms with E-state index in [9.17, 15) is 9.59 Å². The molecule has 23 heavy (non-hydrogen) atoms. The number of carbonyl (C=O) groups is 2. The number of carboxylic acids is 1. The summed E-state index contributed by atoms with van der Waals surface area (Å²) in [7, 11) is 0. The number of aromatic nitrogens is 3. The third-order valence-corrected chi connectivity index (χ3v) is 3.37. The molecule has 0 fully saturated rings. The second-order valence-corrected chi connectivity index (χ2v) is 6.33. The Balaban J connectivity index is 1.87. The number of nitrogens with zero attached hydrogens (tertiary/aromatic N) is 3. The topological polar surface area (TPSA) is 97.1 Å². The van der Waals surface area contributed by atoms with E-state index in [2.05, 4.69) is 48.5 Å². The predicted octanol–water partition coefficient (Wildman–Crippen LogP) is 1.59. The Kier molecular flexibility index (Phi) is 4.78. The van der Waals surface area contributed by atoms with Gasteiger partial charge in [0.1, 0.15) is 6.54 Å². The van der Waals surface area contributed by atoms with Crippen molar-refractivity contribution >= 4 is 11.9 Å². The largest absolute Gasteiger partial charge is 0.476 e. The highest BCUT2D eigenvalue weighted by atomic mass is 16.4. The third-order valence-electron chi connectivity index (χ3n) is 3.37. The highest BCUT2D eigenvalue weighted by Gasteiger charge is 2.13. The molecule has 0 unspecified atom stereocenters. The van der Waals surface area contributed by atoms with Crippen LogP contribution in [0.25, 0.3) is 0 Å². The van der Waals surface area contributed by atoms with Gasteiger partial charge in [-0.25, -0.2) is 9.48 Å². The van der Waals surface area contributed by atoms with E-state index in [0.717, 1.165) is 5.56 Å².